The predicted octanol–water partition coefficient (Wildman–Crippen LogP) is 7.92. The third-order valence-electron chi connectivity index (χ3n) is 11.6. The topological polar surface area (TPSA) is 293 Å². The molecule has 6 N–H and O–H groups in total. The summed E-state index contributed by atoms with van der Waals surface area (Å²) in [4.78, 5) is 2.03. The number of anilines is 2. The molecule has 0 radical (unpaired) electrons. The number of hydrogen-bond acceptors (Lipinski definition) is 13. The van der Waals surface area contributed by atoms with Crippen LogP contribution in [0.5, 0.6) is 0 Å². The van der Waals surface area contributed by atoms with Crippen LogP contribution in [-0.2, 0) is 50.4 Å². The zero-order valence-corrected chi connectivity index (χ0v) is 42.7. The molecule has 1 aliphatic carbocycles. The molecule has 1 aliphatic heterocycles. The van der Waals surface area contributed by atoms with E-state index in [0.29, 0.717) is 35.1 Å². The van der Waals surface area contributed by atoms with Gasteiger partial charge in [0, 0.05) is 52.0 Å². The van der Waals surface area contributed by atoms with Crippen molar-refractivity contribution in [1.29, 1.82) is 0 Å². The molecule has 0 spiro atoms. The van der Waals surface area contributed by atoms with Gasteiger partial charge in [0.2, 0.25) is 20.0 Å². The maximum absolute atomic E-state index is 13.7. The molecule has 2 unspecified atom stereocenters. The number of fused-ring (bicyclic) bond motifs is 2. The Morgan fingerprint density at radius 2 is 1.10 bits per heavy atom. The summed E-state index contributed by atoms with van der Waals surface area (Å²) in [5.74, 6) is -0.241. The van der Waals surface area contributed by atoms with Crippen molar-refractivity contribution in [2.24, 2.45) is 4.99 Å². The Morgan fingerprint density at radius 3 is 1.63 bits per heavy atom. The molecular formula is C45H52N4O14S5. The SMILES string of the molecule is CCC(C)NS(=O)(=O)c1c(C)cc(C)c(N=c2cc3oc4cc(Nc5c(C)cc(C)c(S(=O)(=O)NC(C)CC)c5C)c(S(=O)(=O)O)cc4c(-c4ccccc4S(=O)(=O)O)c-3cc2S(=O)(=O)O)c1C. The Hall–Kier alpha value is -5.08. The van der Waals surface area contributed by atoms with E-state index >= 15 is 0 Å². The molecular weight excluding hydrogens is 981 g/mol. The fourth-order valence-electron chi connectivity index (χ4n) is 8.31. The van der Waals surface area contributed by atoms with Gasteiger partial charge in [-0.25, -0.2) is 31.3 Å². The van der Waals surface area contributed by atoms with Crippen LogP contribution < -0.4 is 20.1 Å². The number of rotatable bonds is 15. The fraction of sp³-hybridized carbons (Fsp3) is 0.311. The molecule has 2 atom stereocenters. The Balaban J connectivity index is 1.78. The summed E-state index contributed by atoms with van der Waals surface area (Å²) in [6.45, 7) is 16.4. The maximum atomic E-state index is 13.7. The van der Waals surface area contributed by atoms with Crippen molar-refractivity contribution >= 4 is 78.4 Å². The van der Waals surface area contributed by atoms with E-state index in [-0.39, 0.29) is 71.4 Å². The summed E-state index contributed by atoms with van der Waals surface area (Å²) >= 11 is 0. The second-order valence-electron chi connectivity index (χ2n) is 16.8. The van der Waals surface area contributed by atoms with Crippen LogP contribution in [0.2, 0.25) is 0 Å². The summed E-state index contributed by atoms with van der Waals surface area (Å²) in [5.41, 5.74) is 0.791. The second kappa shape index (κ2) is 18.7. The molecule has 4 aromatic rings. The van der Waals surface area contributed by atoms with Crippen LogP contribution in [0.4, 0.5) is 17.1 Å². The van der Waals surface area contributed by atoms with E-state index in [4.69, 9.17) is 4.42 Å². The highest BCUT2D eigenvalue weighted by Gasteiger charge is 2.31. The van der Waals surface area contributed by atoms with Crippen molar-refractivity contribution in [3.05, 3.63) is 99.4 Å². The van der Waals surface area contributed by atoms with E-state index in [1.807, 2.05) is 0 Å². The van der Waals surface area contributed by atoms with Gasteiger partial charge in [-0.2, -0.15) is 25.3 Å². The van der Waals surface area contributed by atoms with Crippen LogP contribution in [0.3, 0.4) is 0 Å². The summed E-state index contributed by atoms with van der Waals surface area (Å²) in [7, 11) is -23.8. The molecule has 1 heterocycles. The highest BCUT2D eigenvalue weighted by atomic mass is 32.2. The van der Waals surface area contributed by atoms with E-state index in [9.17, 15) is 55.7 Å². The Kier molecular flexibility index (Phi) is 14.4. The van der Waals surface area contributed by atoms with Gasteiger partial charge in [0.25, 0.3) is 30.4 Å². The lowest BCUT2D eigenvalue weighted by Crippen LogP contribution is -2.33. The smallest absolute Gasteiger partial charge is 0.296 e. The van der Waals surface area contributed by atoms with E-state index in [0.717, 1.165) is 30.3 Å². The highest BCUT2D eigenvalue weighted by molar-refractivity contribution is 7.90. The van der Waals surface area contributed by atoms with Crippen molar-refractivity contribution in [3.63, 3.8) is 0 Å². The standard InChI is InChI=1S/C45H52N4O14S5/c1-11-27(7)48-64(50,51)44-25(5)17-23(3)42(29(44)9)46-34-21-36-32(19-39(34)67(57,58)59)41(31-15-13-14-16-38(31)66(54,55)56)33-20-40(68(60,61)62)35(22-37(33)63-36)47-43-24(4)18-26(6)45(30(43)10)65(52,53)49-28(8)12-2/h13-22,27-28,46,48-49H,11-12H2,1-10H3,(H,54,55,56)(H,57,58,59)(H,60,61,62). The maximum Gasteiger partial charge on any atom is 0.296 e. The molecule has 366 valence electrons. The Bertz CT molecular complexity index is 3680. The van der Waals surface area contributed by atoms with E-state index in [1.54, 1.807) is 67.5 Å². The first-order chi connectivity index (χ1) is 31.3. The van der Waals surface area contributed by atoms with Crippen LogP contribution in [0.1, 0.15) is 73.9 Å². The Labute approximate surface area is 396 Å². The molecule has 0 amide bonds. The van der Waals surface area contributed by atoms with Gasteiger partial charge in [0.1, 0.15) is 26.0 Å². The van der Waals surface area contributed by atoms with E-state index < -0.39 is 82.5 Å². The largest absolute Gasteiger partial charge is 0.456 e. The quantitative estimate of drug-likeness (QED) is 0.0420. The van der Waals surface area contributed by atoms with Crippen molar-refractivity contribution in [1.82, 2.24) is 9.44 Å². The van der Waals surface area contributed by atoms with Crippen molar-refractivity contribution in [2.45, 2.75) is 119 Å². The minimum Gasteiger partial charge on any atom is -0.456 e. The number of hydrogen-bond donors (Lipinski definition) is 6. The zero-order valence-electron chi connectivity index (χ0n) is 38.7. The average Bonchev–Trinajstić information content (AvgIpc) is 3.20. The summed E-state index contributed by atoms with van der Waals surface area (Å²) in [5, 5.41) is 2.27. The van der Waals surface area contributed by atoms with Gasteiger partial charge in [-0.3, -0.25) is 13.7 Å². The number of aryl methyl sites for hydroxylation is 4. The molecule has 0 bridgehead atoms. The van der Waals surface area contributed by atoms with Crippen molar-refractivity contribution in [3.8, 4) is 22.5 Å². The summed E-state index contributed by atoms with van der Waals surface area (Å²) < 4.78 is 178. The van der Waals surface area contributed by atoms with Crippen LogP contribution >= 0.6 is 0 Å². The highest BCUT2D eigenvalue weighted by Crippen LogP contribution is 2.46. The first-order valence-electron chi connectivity index (χ1n) is 21.0. The van der Waals surface area contributed by atoms with Gasteiger partial charge in [-0.15, -0.1) is 0 Å². The van der Waals surface area contributed by atoms with Gasteiger partial charge >= 0.3 is 0 Å². The number of nitrogens with zero attached hydrogens (tertiary/aromatic N) is 1. The van der Waals surface area contributed by atoms with Gasteiger partial charge in [-0.1, -0.05) is 44.2 Å². The Morgan fingerprint density at radius 1 is 0.588 bits per heavy atom. The molecule has 4 aromatic carbocycles. The lowest BCUT2D eigenvalue weighted by Gasteiger charge is -2.22. The molecule has 6 rings (SSSR count). The van der Waals surface area contributed by atoms with Crippen LogP contribution in [-0.4, -0.2) is 67.8 Å². The number of benzene rings is 5. The molecule has 0 saturated heterocycles. The van der Waals surface area contributed by atoms with E-state index in [2.05, 4.69) is 19.8 Å². The molecule has 0 aromatic heterocycles. The van der Waals surface area contributed by atoms with Crippen molar-refractivity contribution in [2.75, 3.05) is 5.32 Å². The predicted molar refractivity (Wildman–Crippen MR) is 258 cm³/mol. The van der Waals surface area contributed by atoms with Crippen molar-refractivity contribution < 1.29 is 60.2 Å². The lowest BCUT2D eigenvalue weighted by atomic mass is 9.93. The van der Waals surface area contributed by atoms with Gasteiger partial charge in [0.05, 0.1) is 26.5 Å². The minimum atomic E-state index is -5.26. The lowest BCUT2D eigenvalue weighted by molar-refractivity contribution is 0.480. The molecule has 2 aliphatic rings. The molecule has 0 fully saturated rings. The second-order valence-corrected chi connectivity index (χ2v) is 24.3. The summed E-state index contributed by atoms with van der Waals surface area (Å²) in [6, 6.07) is 11.3. The van der Waals surface area contributed by atoms with Crippen LogP contribution in [0.25, 0.3) is 33.4 Å². The van der Waals surface area contributed by atoms with Gasteiger partial charge in [-0.05, 0) is 120 Å². The van der Waals surface area contributed by atoms with Gasteiger partial charge < -0.3 is 9.73 Å². The normalized spacial score (nSPS) is 14.2. The first-order valence-corrected chi connectivity index (χ1v) is 28.3. The first kappa shape index (κ1) is 52.3. The minimum absolute atomic E-state index is 0.0240. The molecule has 68 heavy (non-hydrogen) atoms. The third kappa shape index (κ3) is 10.3. The molecule has 0 saturated carbocycles. The van der Waals surface area contributed by atoms with Crippen LogP contribution in [0.15, 0.2) is 94.6 Å². The number of nitrogens with one attached hydrogen (secondary N) is 3. The van der Waals surface area contributed by atoms with E-state index in [1.165, 1.54) is 32.0 Å². The molecule has 18 nitrogen and oxygen atoms in total. The third-order valence-corrected chi connectivity index (χ3v) is 18.1. The monoisotopic (exact) mass is 1030 g/mol. The zero-order chi connectivity index (χ0) is 50.8. The fourth-order valence-corrected chi connectivity index (χ4v) is 13.9. The number of sulfonamides is 2. The average molecular weight is 1030 g/mol. The van der Waals surface area contributed by atoms with Crippen LogP contribution in [0, 0.1) is 41.5 Å². The summed E-state index contributed by atoms with van der Waals surface area (Å²) in [6.07, 6.45) is 0.961. The molecule has 23 heteroatoms. The van der Waals surface area contributed by atoms with Gasteiger partial charge in [0.15, 0.2) is 0 Å².